The van der Waals surface area contributed by atoms with Crippen molar-refractivity contribution in [2.45, 2.75) is 33.6 Å². The zero-order valence-electron chi connectivity index (χ0n) is 13.7. The number of amides is 1. The number of nitrogens with one attached hydrogen (secondary N) is 2. The molecule has 2 rings (SSSR count). The van der Waals surface area contributed by atoms with Crippen molar-refractivity contribution in [2.24, 2.45) is 0 Å². The second-order valence-electron chi connectivity index (χ2n) is 5.97. The fraction of sp³-hybridized carbons (Fsp3) is 0.316. The molecular weight excluding hydrogens is 272 g/mol. The Morgan fingerprint density at radius 2 is 1.82 bits per heavy atom. The van der Waals surface area contributed by atoms with E-state index in [0.29, 0.717) is 5.92 Å². The fourth-order valence-electron chi connectivity index (χ4n) is 2.51. The lowest BCUT2D eigenvalue weighted by Crippen LogP contribution is -2.22. The van der Waals surface area contributed by atoms with Crippen LogP contribution in [0.4, 0.5) is 11.4 Å². The van der Waals surface area contributed by atoms with E-state index in [9.17, 15) is 4.79 Å². The van der Waals surface area contributed by atoms with Crippen LogP contribution < -0.4 is 10.6 Å². The normalized spacial score (nSPS) is 10.6. The third-order valence-electron chi connectivity index (χ3n) is 3.65. The van der Waals surface area contributed by atoms with Gasteiger partial charge in [-0.25, -0.2) is 0 Å². The lowest BCUT2D eigenvalue weighted by molar-refractivity contribution is -0.114. The van der Waals surface area contributed by atoms with Crippen LogP contribution in [0.2, 0.25) is 0 Å². The van der Waals surface area contributed by atoms with Crippen LogP contribution in [0.5, 0.6) is 0 Å². The predicted octanol–water partition coefficient (Wildman–Crippen LogP) is 4.48. The van der Waals surface area contributed by atoms with Crippen molar-refractivity contribution < 1.29 is 4.79 Å². The van der Waals surface area contributed by atoms with Crippen molar-refractivity contribution in [3.63, 3.8) is 0 Å². The number of carbonyl (C=O) groups is 1. The van der Waals surface area contributed by atoms with Gasteiger partial charge in [0.25, 0.3) is 0 Å². The van der Waals surface area contributed by atoms with Crippen LogP contribution in [0.25, 0.3) is 0 Å². The minimum atomic E-state index is -0.0384. The number of rotatable bonds is 5. The molecule has 2 aromatic rings. The minimum Gasteiger partial charge on any atom is -0.376 e. The van der Waals surface area contributed by atoms with Crippen LogP contribution in [0.3, 0.4) is 0 Å². The lowest BCUT2D eigenvalue weighted by atomic mass is 9.98. The minimum absolute atomic E-state index is 0.0384. The van der Waals surface area contributed by atoms with E-state index in [0.717, 1.165) is 22.5 Å². The summed E-state index contributed by atoms with van der Waals surface area (Å²) in [6, 6.07) is 14.0. The van der Waals surface area contributed by atoms with E-state index in [2.05, 4.69) is 49.6 Å². The second kappa shape index (κ2) is 7.12. The van der Waals surface area contributed by atoms with Crippen molar-refractivity contribution in [1.82, 2.24) is 0 Å². The average Bonchev–Trinajstić information content (AvgIpc) is 2.45. The summed E-state index contributed by atoms with van der Waals surface area (Å²) in [5.74, 6) is 0.380. The van der Waals surface area contributed by atoms with Gasteiger partial charge in [-0.05, 0) is 48.6 Å². The molecule has 0 radical (unpaired) electrons. The Balaban J connectivity index is 2.03. The van der Waals surface area contributed by atoms with Gasteiger partial charge in [-0.3, -0.25) is 4.79 Å². The highest BCUT2D eigenvalue weighted by Gasteiger charge is 2.10. The molecule has 116 valence electrons. The van der Waals surface area contributed by atoms with Crippen LogP contribution in [-0.2, 0) is 4.79 Å². The molecule has 0 aliphatic carbocycles. The van der Waals surface area contributed by atoms with Crippen LogP contribution in [0.15, 0.2) is 42.5 Å². The maximum atomic E-state index is 12.1. The maximum Gasteiger partial charge on any atom is 0.243 e. The topological polar surface area (TPSA) is 41.1 Å². The first-order chi connectivity index (χ1) is 10.5. The molecule has 0 fully saturated rings. The average molecular weight is 296 g/mol. The highest BCUT2D eigenvalue weighted by Crippen LogP contribution is 2.27. The van der Waals surface area contributed by atoms with Crippen molar-refractivity contribution in [2.75, 3.05) is 17.2 Å². The molecule has 0 saturated heterocycles. The standard InChI is InChI=1S/C19H24N2O/c1-13(2)17-10-6-8-15(4)19(17)20-12-18(22)21-16-9-5-7-14(3)11-16/h5-11,13,20H,12H2,1-4H3,(H,21,22). The van der Waals surface area contributed by atoms with Crippen molar-refractivity contribution >= 4 is 17.3 Å². The summed E-state index contributed by atoms with van der Waals surface area (Å²) >= 11 is 0. The van der Waals surface area contributed by atoms with Gasteiger partial charge in [0.05, 0.1) is 6.54 Å². The largest absolute Gasteiger partial charge is 0.376 e. The number of para-hydroxylation sites is 1. The molecule has 2 aromatic carbocycles. The number of carbonyl (C=O) groups excluding carboxylic acids is 1. The Kier molecular flexibility index (Phi) is 5.21. The Morgan fingerprint density at radius 1 is 1.09 bits per heavy atom. The first-order valence-corrected chi connectivity index (χ1v) is 7.67. The lowest BCUT2D eigenvalue weighted by Gasteiger charge is -2.17. The SMILES string of the molecule is Cc1cccc(NC(=O)CNc2c(C)cccc2C(C)C)c1. The van der Waals surface area contributed by atoms with E-state index in [4.69, 9.17) is 0 Å². The molecule has 1 amide bonds. The molecule has 0 aliphatic heterocycles. The van der Waals surface area contributed by atoms with Gasteiger partial charge in [0.15, 0.2) is 0 Å². The first-order valence-electron chi connectivity index (χ1n) is 7.67. The monoisotopic (exact) mass is 296 g/mol. The van der Waals surface area contributed by atoms with Gasteiger partial charge in [0.1, 0.15) is 0 Å². The molecular formula is C19H24N2O. The zero-order chi connectivity index (χ0) is 16.1. The number of hydrogen-bond acceptors (Lipinski definition) is 2. The van der Waals surface area contributed by atoms with Gasteiger partial charge in [-0.1, -0.05) is 44.2 Å². The van der Waals surface area contributed by atoms with E-state index >= 15 is 0 Å². The van der Waals surface area contributed by atoms with E-state index in [1.54, 1.807) is 0 Å². The molecule has 0 saturated carbocycles. The van der Waals surface area contributed by atoms with Gasteiger partial charge < -0.3 is 10.6 Å². The smallest absolute Gasteiger partial charge is 0.243 e. The van der Waals surface area contributed by atoms with E-state index < -0.39 is 0 Å². The zero-order valence-corrected chi connectivity index (χ0v) is 13.7. The van der Waals surface area contributed by atoms with Crippen LogP contribution in [0.1, 0.15) is 36.5 Å². The van der Waals surface area contributed by atoms with Crippen molar-refractivity contribution in [1.29, 1.82) is 0 Å². The van der Waals surface area contributed by atoms with Crippen molar-refractivity contribution in [3.05, 3.63) is 59.2 Å². The highest BCUT2D eigenvalue weighted by atomic mass is 16.1. The van der Waals surface area contributed by atoms with E-state index in [1.807, 2.05) is 31.2 Å². The molecule has 0 spiro atoms. The molecule has 3 nitrogen and oxygen atoms in total. The highest BCUT2D eigenvalue weighted by molar-refractivity contribution is 5.94. The van der Waals surface area contributed by atoms with Gasteiger partial charge >= 0.3 is 0 Å². The number of benzene rings is 2. The summed E-state index contributed by atoms with van der Waals surface area (Å²) < 4.78 is 0. The molecule has 0 bridgehead atoms. The van der Waals surface area contributed by atoms with E-state index in [1.165, 1.54) is 5.56 Å². The summed E-state index contributed by atoms with van der Waals surface area (Å²) in [7, 11) is 0. The fourth-order valence-corrected chi connectivity index (χ4v) is 2.51. The number of anilines is 2. The molecule has 3 heteroatoms. The molecule has 22 heavy (non-hydrogen) atoms. The maximum absolute atomic E-state index is 12.1. The van der Waals surface area contributed by atoms with E-state index in [-0.39, 0.29) is 12.5 Å². The van der Waals surface area contributed by atoms with Gasteiger partial charge in [-0.2, -0.15) is 0 Å². The Hall–Kier alpha value is -2.29. The summed E-state index contributed by atoms with van der Waals surface area (Å²) in [5, 5.41) is 6.21. The van der Waals surface area contributed by atoms with Crippen LogP contribution in [-0.4, -0.2) is 12.5 Å². The number of aryl methyl sites for hydroxylation is 2. The molecule has 0 heterocycles. The van der Waals surface area contributed by atoms with Gasteiger partial charge in [0.2, 0.25) is 5.91 Å². The van der Waals surface area contributed by atoms with Crippen molar-refractivity contribution in [3.8, 4) is 0 Å². The quantitative estimate of drug-likeness (QED) is 0.854. The molecule has 2 N–H and O–H groups in total. The Bertz CT molecular complexity index is 662. The predicted molar refractivity (Wildman–Crippen MR) is 93.6 cm³/mol. The summed E-state index contributed by atoms with van der Waals surface area (Å²) in [6.45, 7) is 8.65. The summed E-state index contributed by atoms with van der Waals surface area (Å²) in [5.41, 5.74) is 5.43. The molecule has 0 atom stereocenters. The molecule has 0 aliphatic rings. The third kappa shape index (κ3) is 4.10. The van der Waals surface area contributed by atoms with Gasteiger partial charge in [-0.15, -0.1) is 0 Å². The van der Waals surface area contributed by atoms with Crippen LogP contribution >= 0.6 is 0 Å². The molecule has 0 aromatic heterocycles. The third-order valence-corrected chi connectivity index (χ3v) is 3.65. The van der Waals surface area contributed by atoms with Gasteiger partial charge in [0, 0.05) is 11.4 Å². The first kappa shape index (κ1) is 16.1. The summed E-state index contributed by atoms with van der Waals surface area (Å²) in [6.07, 6.45) is 0. The number of hydrogen-bond donors (Lipinski definition) is 2. The molecule has 0 unspecified atom stereocenters. The second-order valence-corrected chi connectivity index (χ2v) is 5.97. The Labute approximate surface area is 132 Å². The Morgan fingerprint density at radius 3 is 2.50 bits per heavy atom. The van der Waals surface area contributed by atoms with Crippen LogP contribution in [0, 0.1) is 13.8 Å². The summed E-state index contributed by atoms with van der Waals surface area (Å²) in [4.78, 5) is 12.1.